The number of aromatic nitrogens is 1. The maximum absolute atomic E-state index is 12.1. The van der Waals surface area contributed by atoms with E-state index in [9.17, 15) is 4.79 Å². The second-order valence-electron chi connectivity index (χ2n) is 3.90. The van der Waals surface area contributed by atoms with Gasteiger partial charge in [-0.05, 0) is 18.9 Å². The molecule has 0 saturated heterocycles. The molecule has 0 spiro atoms. The van der Waals surface area contributed by atoms with Crippen LogP contribution in [0.15, 0.2) is 12.3 Å². The Bertz CT molecular complexity index is 415. The molecular formula is C10H12ClN3O. The smallest absolute Gasteiger partial charge is 0.174 e. The minimum absolute atomic E-state index is 0.0301. The molecule has 0 bridgehead atoms. The molecule has 1 fully saturated rings. The predicted octanol–water partition coefficient (Wildman–Crippen LogP) is 1.24. The lowest BCUT2D eigenvalue weighted by atomic mass is 9.95. The summed E-state index contributed by atoms with van der Waals surface area (Å²) in [5, 5.41) is 0.417. The van der Waals surface area contributed by atoms with Crippen molar-refractivity contribution in [3.63, 3.8) is 0 Å². The number of pyridine rings is 1. The van der Waals surface area contributed by atoms with Crippen LogP contribution in [0.4, 0.5) is 5.82 Å². The lowest BCUT2D eigenvalue weighted by Gasteiger charge is -2.12. The molecule has 1 heterocycles. The highest BCUT2D eigenvalue weighted by atomic mass is 35.5. The number of rotatable bonds is 3. The van der Waals surface area contributed by atoms with Gasteiger partial charge in [-0.25, -0.2) is 4.98 Å². The summed E-state index contributed by atoms with van der Waals surface area (Å²) in [4.78, 5) is 15.9. The number of Topliss-reactive ketones (excluding diaryl/α,β-unsaturated/α-hetero) is 1. The molecule has 0 aromatic carbocycles. The van der Waals surface area contributed by atoms with Crippen molar-refractivity contribution in [2.45, 2.75) is 12.8 Å². The number of ketones is 1. The second-order valence-corrected chi connectivity index (χ2v) is 4.34. The number of hydrogen-bond donors (Lipinski definition) is 2. The van der Waals surface area contributed by atoms with E-state index in [0.717, 1.165) is 12.8 Å². The Kier molecular flexibility index (Phi) is 2.40. The van der Waals surface area contributed by atoms with Crippen LogP contribution in [-0.2, 0) is 0 Å². The Hall–Kier alpha value is -1.13. The Labute approximate surface area is 92.6 Å². The van der Waals surface area contributed by atoms with Crippen LogP contribution in [0.5, 0.6) is 0 Å². The summed E-state index contributed by atoms with van der Waals surface area (Å²) in [5.74, 6) is 0.196. The number of nitrogens with zero attached hydrogens (tertiary/aromatic N) is 1. The normalized spacial score (nSPS) is 17.5. The van der Waals surface area contributed by atoms with Crippen LogP contribution in [0, 0.1) is 5.41 Å². The van der Waals surface area contributed by atoms with E-state index in [1.54, 1.807) is 6.07 Å². The van der Waals surface area contributed by atoms with Gasteiger partial charge < -0.3 is 11.5 Å². The van der Waals surface area contributed by atoms with Crippen molar-refractivity contribution in [1.82, 2.24) is 4.98 Å². The van der Waals surface area contributed by atoms with Crippen LogP contribution in [0.25, 0.3) is 0 Å². The fourth-order valence-electron chi connectivity index (χ4n) is 1.59. The molecule has 2 rings (SSSR count). The van der Waals surface area contributed by atoms with Gasteiger partial charge in [-0.2, -0.15) is 0 Å². The molecule has 0 atom stereocenters. The summed E-state index contributed by atoms with van der Waals surface area (Å²) < 4.78 is 0. The fourth-order valence-corrected chi connectivity index (χ4v) is 1.75. The van der Waals surface area contributed by atoms with Crippen molar-refractivity contribution < 1.29 is 4.79 Å². The second kappa shape index (κ2) is 3.47. The van der Waals surface area contributed by atoms with Gasteiger partial charge in [0.15, 0.2) is 5.78 Å². The molecule has 4 nitrogen and oxygen atoms in total. The molecule has 0 amide bonds. The average molecular weight is 226 g/mol. The van der Waals surface area contributed by atoms with Gasteiger partial charge in [0.1, 0.15) is 5.82 Å². The minimum Gasteiger partial charge on any atom is -0.383 e. The van der Waals surface area contributed by atoms with E-state index < -0.39 is 5.41 Å². The molecule has 80 valence electrons. The van der Waals surface area contributed by atoms with Crippen molar-refractivity contribution in [1.29, 1.82) is 0 Å². The Morgan fingerprint density at radius 1 is 1.60 bits per heavy atom. The Morgan fingerprint density at radius 2 is 2.27 bits per heavy atom. The van der Waals surface area contributed by atoms with Gasteiger partial charge in [0.25, 0.3) is 0 Å². The third-order valence-corrected chi connectivity index (χ3v) is 3.06. The number of nitrogens with two attached hydrogens (primary N) is 2. The summed E-state index contributed by atoms with van der Waals surface area (Å²) in [7, 11) is 0. The van der Waals surface area contributed by atoms with Gasteiger partial charge in [0.05, 0.1) is 10.6 Å². The lowest BCUT2D eigenvalue weighted by Crippen LogP contribution is -2.26. The van der Waals surface area contributed by atoms with Crippen molar-refractivity contribution in [3.8, 4) is 0 Å². The molecule has 5 heteroatoms. The maximum atomic E-state index is 12.1. The van der Waals surface area contributed by atoms with E-state index in [4.69, 9.17) is 23.1 Å². The van der Waals surface area contributed by atoms with Crippen LogP contribution in [0.2, 0.25) is 5.02 Å². The molecule has 15 heavy (non-hydrogen) atoms. The average Bonchev–Trinajstić information content (AvgIpc) is 3.01. The van der Waals surface area contributed by atoms with Crippen LogP contribution in [0.1, 0.15) is 23.2 Å². The monoisotopic (exact) mass is 225 g/mol. The maximum Gasteiger partial charge on any atom is 0.174 e. The standard InChI is InChI=1S/C10H12ClN3O/c11-6-3-7(9(13)14-4-6)8(15)10(5-12)1-2-10/h3-4H,1-2,5,12H2,(H2,13,14). The minimum atomic E-state index is -0.402. The van der Waals surface area contributed by atoms with Gasteiger partial charge in [-0.3, -0.25) is 4.79 Å². The molecule has 0 radical (unpaired) electrons. The van der Waals surface area contributed by atoms with Crippen molar-refractivity contribution >= 4 is 23.2 Å². The molecule has 1 aliphatic carbocycles. The van der Waals surface area contributed by atoms with E-state index in [2.05, 4.69) is 4.98 Å². The molecule has 0 aliphatic heterocycles. The fraction of sp³-hybridized carbons (Fsp3) is 0.400. The number of carbonyl (C=O) groups is 1. The predicted molar refractivity (Wildman–Crippen MR) is 58.7 cm³/mol. The highest BCUT2D eigenvalue weighted by Gasteiger charge is 2.49. The summed E-state index contributed by atoms with van der Waals surface area (Å²) in [6, 6.07) is 1.56. The SMILES string of the molecule is NCC1(C(=O)c2cc(Cl)cnc2N)CC1. The van der Waals surface area contributed by atoms with Gasteiger partial charge >= 0.3 is 0 Å². The van der Waals surface area contributed by atoms with Crippen LogP contribution >= 0.6 is 11.6 Å². The molecule has 0 unspecified atom stereocenters. The van der Waals surface area contributed by atoms with E-state index in [1.165, 1.54) is 6.20 Å². The number of carbonyl (C=O) groups excluding carboxylic acids is 1. The lowest BCUT2D eigenvalue weighted by molar-refractivity contribution is 0.0906. The third-order valence-electron chi connectivity index (χ3n) is 2.86. The van der Waals surface area contributed by atoms with Crippen molar-refractivity contribution in [3.05, 3.63) is 22.8 Å². The first-order valence-electron chi connectivity index (χ1n) is 4.75. The zero-order valence-electron chi connectivity index (χ0n) is 8.16. The number of halogens is 1. The van der Waals surface area contributed by atoms with Crippen LogP contribution in [0.3, 0.4) is 0 Å². The molecule has 1 saturated carbocycles. The quantitative estimate of drug-likeness (QED) is 0.759. The molecule has 4 N–H and O–H groups in total. The summed E-state index contributed by atoms with van der Waals surface area (Å²) in [5.41, 5.74) is 11.2. The van der Waals surface area contributed by atoms with E-state index >= 15 is 0 Å². The number of hydrogen-bond acceptors (Lipinski definition) is 4. The van der Waals surface area contributed by atoms with Gasteiger partial charge in [-0.15, -0.1) is 0 Å². The van der Waals surface area contributed by atoms with Gasteiger partial charge in [-0.1, -0.05) is 11.6 Å². The van der Waals surface area contributed by atoms with Crippen LogP contribution < -0.4 is 11.5 Å². The number of nitrogen functional groups attached to an aromatic ring is 1. The molecular weight excluding hydrogens is 214 g/mol. The number of anilines is 1. The van der Waals surface area contributed by atoms with Crippen molar-refractivity contribution in [2.24, 2.45) is 11.1 Å². The summed E-state index contributed by atoms with van der Waals surface area (Å²) >= 11 is 5.77. The van der Waals surface area contributed by atoms with Gasteiger partial charge in [0.2, 0.25) is 0 Å². The topological polar surface area (TPSA) is 82.0 Å². The van der Waals surface area contributed by atoms with Crippen LogP contribution in [-0.4, -0.2) is 17.3 Å². The van der Waals surface area contributed by atoms with E-state index in [1.807, 2.05) is 0 Å². The molecule has 1 aromatic rings. The molecule has 1 aromatic heterocycles. The summed E-state index contributed by atoms with van der Waals surface area (Å²) in [6.45, 7) is 0.359. The van der Waals surface area contributed by atoms with E-state index in [0.29, 0.717) is 17.1 Å². The van der Waals surface area contributed by atoms with Gasteiger partial charge in [0, 0.05) is 18.2 Å². The van der Waals surface area contributed by atoms with E-state index in [-0.39, 0.29) is 11.6 Å². The Morgan fingerprint density at radius 3 is 2.80 bits per heavy atom. The van der Waals surface area contributed by atoms with Crippen molar-refractivity contribution in [2.75, 3.05) is 12.3 Å². The zero-order chi connectivity index (χ0) is 11.1. The highest BCUT2D eigenvalue weighted by Crippen LogP contribution is 2.47. The zero-order valence-corrected chi connectivity index (χ0v) is 8.92. The first-order chi connectivity index (χ1) is 7.09. The first-order valence-corrected chi connectivity index (χ1v) is 5.13. The summed E-state index contributed by atoms with van der Waals surface area (Å²) in [6.07, 6.45) is 3.08. The molecule has 1 aliphatic rings. The third kappa shape index (κ3) is 1.70. The Balaban J connectivity index is 2.37. The first kappa shape index (κ1) is 10.4. The highest BCUT2D eigenvalue weighted by molar-refractivity contribution is 6.31. The largest absolute Gasteiger partial charge is 0.383 e.